The number of aromatic hydroxyl groups is 1. The van der Waals surface area contributed by atoms with Crippen LogP contribution in [0.25, 0.3) is 10.9 Å². The van der Waals surface area contributed by atoms with E-state index in [9.17, 15) is 14.7 Å². The molecule has 0 saturated carbocycles. The third-order valence-electron chi connectivity index (χ3n) is 3.36. The number of nitrogens with zero attached hydrogens (tertiary/aromatic N) is 2. The number of aromatic nitrogens is 1. The average Bonchev–Trinajstić information content (AvgIpc) is 2.85. The molecule has 0 unspecified atom stereocenters. The SMILES string of the molecule is CC(=O)OCOC(=O)n1cc(CCN(C)C)c2c(O)cccc21. The molecular weight excluding hydrogens is 300 g/mol. The molecule has 7 heteroatoms. The maximum atomic E-state index is 12.2. The second-order valence-corrected chi connectivity index (χ2v) is 5.41. The zero-order chi connectivity index (χ0) is 17.0. The summed E-state index contributed by atoms with van der Waals surface area (Å²) in [6.07, 6.45) is 1.65. The highest BCUT2D eigenvalue weighted by molar-refractivity contribution is 5.95. The first-order valence-corrected chi connectivity index (χ1v) is 7.17. The summed E-state index contributed by atoms with van der Waals surface area (Å²) < 4.78 is 10.8. The Morgan fingerprint density at radius 3 is 2.65 bits per heavy atom. The Labute approximate surface area is 134 Å². The first-order valence-electron chi connectivity index (χ1n) is 7.17. The largest absolute Gasteiger partial charge is 0.507 e. The number of esters is 1. The maximum Gasteiger partial charge on any atom is 0.421 e. The first kappa shape index (κ1) is 16.8. The maximum absolute atomic E-state index is 12.2. The summed E-state index contributed by atoms with van der Waals surface area (Å²) in [6, 6.07) is 4.96. The van der Waals surface area contributed by atoms with Gasteiger partial charge in [-0.1, -0.05) is 6.07 Å². The highest BCUT2D eigenvalue weighted by Crippen LogP contribution is 2.30. The van der Waals surface area contributed by atoms with Crippen molar-refractivity contribution in [2.24, 2.45) is 0 Å². The summed E-state index contributed by atoms with van der Waals surface area (Å²) in [5, 5.41) is 10.7. The molecule has 0 aliphatic carbocycles. The van der Waals surface area contributed by atoms with Crippen molar-refractivity contribution < 1.29 is 24.2 Å². The van der Waals surface area contributed by atoms with Crippen LogP contribution in [0.15, 0.2) is 24.4 Å². The predicted octanol–water partition coefficient (Wildman–Crippen LogP) is 1.96. The van der Waals surface area contributed by atoms with E-state index in [4.69, 9.17) is 4.74 Å². The van der Waals surface area contributed by atoms with Crippen LogP contribution in [0.4, 0.5) is 4.79 Å². The Hall–Kier alpha value is -2.54. The van der Waals surface area contributed by atoms with Crippen molar-refractivity contribution in [1.29, 1.82) is 0 Å². The lowest BCUT2D eigenvalue weighted by atomic mass is 10.1. The average molecular weight is 320 g/mol. The number of phenols is 1. The standard InChI is InChI=1S/C16H20N2O5/c1-11(19)22-10-23-16(21)18-9-12(7-8-17(2)3)15-13(18)5-4-6-14(15)20/h4-6,9,20H,7-8,10H2,1-3H3. The second kappa shape index (κ2) is 7.15. The minimum atomic E-state index is -0.669. The van der Waals surface area contributed by atoms with Gasteiger partial charge in [0.1, 0.15) is 5.75 Å². The molecule has 23 heavy (non-hydrogen) atoms. The van der Waals surface area contributed by atoms with Crippen LogP contribution in [0.3, 0.4) is 0 Å². The van der Waals surface area contributed by atoms with Gasteiger partial charge in [-0.25, -0.2) is 4.79 Å². The molecule has 1 aromatic heterocycles. The van der Waals surface area contributed by atoms with Crippen LogP contribution in [-0.4, -0.2) is 54.1 Å². The van der Waals surface area contributed by atoms with Gasteiger partial charge >= 0.3 is 12.1 Å². The van der Waals surface area contributed by atoms with Gasteiger partial charge in [0.25, 0.3) is 0 Å². The number of carbonyl (C=O) groups excluding carboxylic acids is 2. The Morgan fingerprint density at radius 1 is 1.26 bits per heavy atom. The van der Waals surface area contributed by atoms with E-state index in [1.165, 1.54) is 11.5 Å². The molecule has 0 spiro atoms. The van der Waals surface area contributed by atoms with Gasteiger partial charge in [0.15, 0.2) is 0 Å². The molecule has 0 aliphatic heterocycles. The fraction of sp³-hybridized carbons (Fsp3) is 0.375. The number of hydrogen-bond donors (Lipinski definition) is 1. The summed E-state index contributed by atoms with van der Waals surface area (Å²) in [6.45, 7) is 1.56. The van der Waals surface area contributed by atoms with Crippen LogP contribution in [0.5, 0.6) is 5.75 Å². The normalized spacial score (nSPS) is 11.0. The smallest absolute Gasteiger partial charge is 0.421 e. The van der Waals surface area contributed by atoms with Gasteiger partial charge in [-0.3, -0.25) is 9.36 Å². The minimum Gasteiger partial charge on any atom is -0.507 e. The summed E-state index contributed by atoms with van der Waals surface area (Å²) in [4.78, 5) is 24.9. The number of rotatable bonds is 5. The summed E-state index contributed by atoms with van der Waals surface area (Å²) >= 11 is 0. The highest BCUT2D eigenvalue weighted by atomic mass is 16.7. The molecule has 7 nitrogen and oxygen atoms in total. The van der Waals surface area contributed by atoms with Gasteiger partial charge in [-0.2, -0.15) is 0 Å². The third kappa shape index (κ3) is 4.01. The van der Waals surface area contributed by atoms with Crippen molar-refractivity contribution in [3.05, 3.63) is 30.0 Å². The summed E-state index contributed by atoms with van der Waals surface area (Å²) in [5.41, 5.74) is 1.39. The van der Waals surface area contributed by atoms with E-state index in [0.29, 0.717) is 17.3 Å². The fourth-order valence-electron chi connectivity index (χ4n) is 2.27. The van der Waals surface area contributed by atoms with E-state index in [1.54, 1.807) is 24.4 Å². The molecule has 0 radical (unpaired) electrons. The monoisotopic (exact) mass is 320 g/mol. The number of benzene rings is 1. The number of hydrogen-bond acceptors (Lipinski definition) is 6. The molecule has 2 rings (SSSR count). The molecule has 1 N–H and O–H groups in total. The summed E-state index contributed by atoms with van der Waals surface area (Å²) in [7, 11) is 3.90. The number of fused-ring (bicyclic) bond motifs is 1. The highest BCUT2D eigenvalue weighted by Gasteiger charge is 2.17. The van der Waals surface area contributed by atoms with Crippen molar-refractivity contribution in [3.63, 3.8) is 0 Å². The number of phenolic OH excluding ortho intramolecular Hbond substituents is 1. The number of likely N-dealkylation sites (N-methyl/N-ethyl adjacent to an activating group) is 1. The molecule has 0 saturated heterocycles. The third-order valence-corrected chi connectivity index (χ3v) is 3.36. The van der Waals surface area contributed by atoms with Crippen LogP contribution in [0, 0.1) is 0 Å². The van der Waals surface area contributed by atoms with E-state index in [2.05, 4.69) is 4.74 Å². The Morgan fingerprint density at radius 2 is 2.00 bits per heavy atom. The van der Waals surface area contributed by atoms with E-state index in [0.717, 1.165) is 12.1 Å². The first-order chi connectivity index (χ1) is 10.9. The van der Waals surface area contributed by atoms with Crippen molar-refractivity contribution in [3.8, 4) is 5.75 Å². The molecule has 0 bridgehead atoms. The van der Waals surface area contributed by atoms with Crippen LogP contribution in [-0.2, 0) is 20.7 Å². The van der Waals surface area contributed by atoms with Crippen LogP contribution in [0.2, 0.25) is 0 Å². The summed E-state index contributed by atoms with van der Waals surface area (Å²) in [5.74, 6) is -0.415. The Bertz CT molecular complexity index is 721. The molecule has 124 valence electrons. The number of ether oxygens (including phenoxy) is 2. The van der Waals surface area contributed by atoms with Gasteiger partial charge in [-0.05, 0) is 38.2 Å². The quantitative estimate of drug-likeness (QED) is 0.670. The number of carbonyl (C=O) groups is 2. The lowest BCUT2D eigenvalue weighted by Gasteiger charge is -2.08. The Balaban J connectivity index is 2.30. The molecule has 1 heterocycles. The molecule has 2 aromatic rings. The van der Waals surface area contributed by atoms with Crippen molar-refractivity contribution in [2.45, 2.75) is 13.3 Å². The molecule has 0 fully saturated rings. The zero-order valence-corrected chi connectivity index (χ0v) is 13.4. The van der Waals surface area contributed by atoms with Crippen LogP contribution >= 0.6 is 0 Å². The van der Waals surface area contributed by atoms with Gasteiger partial charge in [0, 0.05) is 25.1 Å². The van der Waals surface area contributed by atoms with Crippen LogP contribution < -0.4 is 0 Å². The molecule has 0 amide bonds. The van der Waals surface area contributed by atoms with Crippen LogP contribution in [0.1, 0.15) is 12.5 Å². The van der Waals surface area contributed by atoms with Crippen molar-refractivity contribution in [2.75, 3.05) is 27.4 Å². The second-order valence-electron chi connectivity index (χ2n) is 5.41. The minimum absolute atomic E-state index is 0.114. The van der Waals surface area contributed by atoms with E-state index >= 15 is 0 Å². The molecular formula is C16H20N2O5. The zero-order valence-electron chi connectivity index (χ0n) is 13.4. The van der Waals surface area contributed by atoms with Crippen molar-refractivity contribution in [1.82, 2.24) is 9.47 Å². The van der Waals surface area contributed by atoms with Crippen molar-refractivity contribution >= 4 is 23.0 Å². The van der Waals surface area contributed by atoms with Gasteiger partial charge < -0.3 is 19.5 Å². The van der Waals surface area contributed by atoms with E-state index in [1.807, 2.05) is 19.0 Å². The lowest BCUT2D eigenvalue weighted by Crippen LogP contribution is -2.16. The fourth-order valence-corrected chi connectivity index (χ4v) is 2.27. The van der Waals surface area contributed by atoms with E-state index in [-0.39, 0.29) is 5.75 Å². The lowest BCUT2D eigenvalue weighted by molar-refractivity contribution is -0.149. The Kier molecular flexibility index (Phi) is 5.23. The predicted molar refractivity (Wildman–Crippen MR) is 84.4 cm³/mol. The topological polar surface area (TPSA) is 81.0 Å². The van der Waals surface area contributed by atoms with Gasteiger partial charge in [-0.15, -0.1) is 0 Å². The van der Waals surface area contributed by atoms with Gasteiger partial charge in [0.2, 0.25) is 6.79 Å². The van der Waals surface area contributed by atoms with Gasteiger partial charge in [0.05, 0.1) is 5.52 Å². The molecule has 0 aliphatic rings. The van der Waals surface area contributed by atoms with E-state index < -0.39 is 18.9 Å². The molecule has 0 atom stereocenters. The molecule has 1 aromatic carbocycles.